The first-order chi connectivity index (χ1) is 3.80. The van der Waals surface area contributed by atoms with E-state index in [0.29, 0.717) is 13.0 Å². The fraction of sp³-hybridized carbons (Fsp3) is 0.800. The zero-order valence-corrected chi connectivity index (χ0v) is 5.71. The molecule has 0 aliphatic carbocycles. The predicted molar refractivity (Wildman–Crippen MR) is 34.6 cm³/mol. The minimum absolute atomic E-state index is 0. The van der Waals surface area contributed by atoms with Gasteiger partial charge in [-0.05, 0) is 0 Å². The first-order valence-corrected chi connectivity index (χ1v) is 2.68. The van der Waals surface area contributed by atoms with E-state index in [0.717, 1.165) is 0 Å². The molecule has 1 heterocycles. The number of piperidine rings is 1. The first-order valence-electron chi connectivity index (χ1n) is 2.68. The zero-order chi connectivity index (χ0) is 5.98. The van der Waals surface area contributed by atoms with Crippen molar-refractivity contribution in [3.63, 3.8) is 0 Å². The number of carbonyl (C=O) groups excluding carboxylic acids is 1. The van der Waals surface area contributed by atoms with E-state index >= 15 is 0 Å². The molecular weight excluding hydrogens is 145 g/mol. The molecular formula is C5H9ClFNO. The van der Waals surface area contributed by atoms with Crippen molar-refractivity contribution in [1.82, 2.24) is 5.32 Å². The number of ketones is 1. The van der Waals surface area contributed by atoms with Crippen LogP contribution in [-0.2, 0) is 4.79 Å². The molecule has 0 aromatic heterocycles. The number of rotatable bonds is 0. The van der Waals surface area contributed by atoms with Crippen molar-refractivity contribution in [1.29, 1.82) is 0 Å². The van der Waals surface area contributed by atoms with Crippen molar-refractivity contribution in [3.8, 4) is 0 Å². The predicted octanol–water partition coefficient (Wildman–Crippen LogP) is 0.309. The Balaban J connectivity index is 0.000000640. The summed E-state index contributed by atoms with van der Waals surface area (Å²) in [5.41, 5.74) is 0. The van der Waals surface area contributed by atoms with Gasteiger partial charge in [-0.2, -0.15) is 0 Å². The second-order valence-electron chi connectivity index (χ2n) is 1.89. The summed E-state index contributed by atoms with van der Waals surface area (Å²) in [7, 11) is 0. The Bertz CT molecular complexity index is 109. The third kappa shape index (κ3) is 2.28. The van der Waals surface area contributed by atoms with Gasteiger partial charge in [-0.25, -0.2) is 4.39 Å². The number of hydrogen-bond donors (Lipinski definition) is 1. The third-order valence-corrected chi connectivity index (χ3v) is 1.22. The molecule has 0 amide bonds. The van der Waals surface area contributed by atoms with Crippen LogP contribution in [0.15, 0.2) is 0 Å². The van der Waals surface area contributed by atoms with Crippen LogP contribution in [0.5, 0.6) is 0 Å². The molecule has 0 radical (unpaired) electrons. The monoisotopic (exact) mass is 153 g/mol. The number of Topliss-reactive ketones (excluding diaryl/α,β-unsaturated/α-hetero) is 1. The Kier molecular flexibility index (Phi) is 3.73. The second-order valence-corrected chi connectivity index (χ2v) is 1.89. The van der Waals surface area contributed by atoms with E-state index in [9.17, 15) is 9.18 Å². The van der Waals surface area contributed by atoms with E-state index in [-0.39, 0.29) is 24.7 Å². The number of nitrogens with one attached hydrogen (secondary N) is 1. The van der Waals surface area contributed by atoms with Crippen molar-refractivity contribution < 1.29 is 9.18 Å². The van der Waals surface area contributed by atoms with E-state index in [1.807, 2.05) is 0 Å². The first kappa shape index (κ1) is 8.85. The molecule has 0 bridgehead atoms. The zero-order valence-electron chi connectivity index (χ0n) is 4.89. The van der Waals surface area contributed by atoms with Crippen molar-refractivity contribution in [2.45, 2.75) is 12.6 Å². The van der Waals surface area contributed by atoms with Gasteiger partial charge in [0, 0.05) is 19.5 Å². The van der Waals surface area contributed by atoms with Gasteiger partial charge >= 0.3 is 0 Å². The van der Waals surface area contributed by atoms with Crippen LogP contribution in [0.2, 0.25) is 0 Å². The van der Waals surface area contributed by atoms with Gasteiger partial charge in [0.1, 0.15) is 0 Å². The quantitative estimate of drug-likeness (QED) is 0.543. The number of hydrogen-bond acceptors (Lipinski definition) is 2. The lowest BCUT2D eigenvalue weighted by Crippen LogP contribution is -2.38. The normalized spacial score (nSPS) is 27.2. The summed E-state index contributed by atoms with van der Waals surface area (Å²) in [6.45, 7) is 0.845. The fourth-order valence-electron chi connectivity index (χ4n) is 0.711. The summed E-state index contributed by atoms with van der Waals surface area (Å²) < 4.78 is 12.2. The largest absolute Gasteiger partial charge is 0.313 e. The van der Waals surface area contributed by atoms with Gasteiger partial charge < -0.3 is 5.32 Å². The molecule has 9 heavy (non-hydrogen) atoms. The summed E-state index contributed by atoms with van der Waals surface area (Å²) >= 11 is 0. The van der Waals surface area contributed by atoms with Crippen LogP contribution in [0.25, 0.3) is 0 Å². The average molecular weight is 154 g/mol. The maximum Gasteiger partial charge on any atom is 0.170 e. The number of carbonyl (C=O) groups is 1. The number of halogens is 2. The molecule has 0 aromatic rings. The third-order valence-electron chi connectivity index (χ3n) is 1.22. The molecule has 54 valence electrons. The van der Waals surface area contributed by atoms with E-state index in [2.05, 4.69) is 5.32 Å². The van der Waals surface area contributed by atoms with Gasteiger partial charge in [-0.3, -0.25) is 4.79 Å². The Morgan fingerprint density at radius 2 is 2.33 bits per heavy atom. The lowest BCUT2D eigenvalue weighted by Gasteiger charge is -2.13. The van der Waals surface area contributed by atoms with Crippen molar-refractivity contribution in [2.24, 2.45) is 0 Å². The Morgan fingerprint density at radius 1 is 1.67 bits per heavy atom. The molecule has 4 heteroatoms. The Hall–Kier alpha value is -0.150. The highest BCUT2D eigenvalue weighted by Gasteiger charge is 2.19. The van der Waals surface area contributed by atoms with Crippen LogP contribution in [0, 0.1) is 0 Å². The van der Waals surface area contributed by atoms with Crippen molar-refractivity contribution in [3.05, 3.63) is 0 Å². The van der Waals surface area contributed by atoms with Gasteiger partial charge in [0.15, 0.2) is 12.0 Å². The van der Waals surface area contributed by atoms with Crippen LogP contribution >= 0.6 is 12.4 Å². The SMILES string of the molecule is Cl.O=C1CCNCC1F. The fourth-order valence-corrected chi connectivity index (χ4v) is 0.711. The second kappa shape index (κ2) is 3.80. The molecule has 1 unspecified atom stereocenters. The van der Waals surface area contributed by atoms with Crippen LogP contribution in [-0.4, -0.2) is 25.0 Å². The molecule has 1 atom stereocenters. The summed E-state index contributed by atoms with van der Waals surface area (Å²) in [6.07, 6.45) is -0.898. The lowest BCUT2D eigenvalue weighted by molar-refractivity contribution is -0.124. The van der Waals surface area contributed by atoms with Crippen LogP contribution in [0.4, 0.5) is 4.39 Å². The highest BCUT2D eigenvalue weighted by molar-refractivity contribution is 5.85. The van der Waals surface area contributed by atoms with E-state index < -0.39 is 6.17 Å². The van der Waals surface area contributed by atoms with E-state index in [4.69, 9.17) is 0 Å². The summed E-state index contributed by atoms with van der Waals surface area (Å²) in [6, 6.07) is 0. The van der Waals surface area contributed by atoms with Crippen molar-refractivity contribution >= 4 is 18.2 Å². The molecule has 1 fully saturated rings. The lowest BCUT2D eigenvalue weighted by atomic mass is 10.1. The van der Waals surface area contributed by atoms with Crippen LogP contribution < -0.4 is 5.32 Å². The van der Waals surface area contributed by atoms with Crippen molar-refractivity contribution in [2.75, 3.05) is 13.1 Å². The number of alkyl halides is 1. The molecule has 1 N–H and O–H groups in total. The topological polar surface area (TPSA) is 29.1 Å². The van der Waals surface area contributed by atoms with Crippen LogP contribution in [0.3, 0.4) is 0 Å². The van der Waals surface area contributed by atoms with Gasteiger partial charge in [-0.1, -0.05) is 0 Å². The standard InChI is InChI=1S/C5H8FNO.ClH/c6-4-3-7-2-1-5(4)8;/h4,7H,1-3H2;1H. The molecule has 1 rings (SSSR count). The minimum Gasteiger partial charge on any atom is -0.313 e. The highest BCUT2D eigenvalue weighted by atomic mass is 35.5. The minimum atomic E-state index is -1.25. The van der Waals surface area contributed by atoms with Crippen LogP contribution in [0.1, 0.15) is 6.42 Å². The van der Waals surface area contributed by atoms with Gasteiger partial charge in [0.2, 0.25) is 0 Å². The van der Waals surface area contributed by atoms with E-state index in [1.54, 1.807) is 0 Å². The van der Waals surface area contributed by atoms with Gasteiger partial charge in [-0.15, -0.1) is 12.4 Å². The summed E-state index contributed by atoms with van der Waals surface area (Å²) in [4.78, 5) is 10.4. The molecule has 2 nitrogen and oxygen atoms in total. The summed E-state index contributed by atoms with van der Waals surface area (Å²) in [5.74, 6) is -0.260. The summed E-state index contributed by atoms with van der Waals surface area (Å²) in [5, 5.41) is 2.77. The molecule has 0 spiro atoms. The smallest absolute Gasteiger partial charge is 0.170 e. The molecule has 1 saturated heterocycles. The van der Waals surface area contributed by atoms with Gasteiger partial charge in [0.05, 0.1) is 0 Å². The Labute approximate surface area is 59.2 Å². The maximum absolute atomic E-state index is 12.2. The highest BCUT2D eigenvalue weighted by Crippen LogP contribution is 1.99. The molecule has 0 aromatic carbocycles. The molecule has 1 aliphatic heterocycles. The molecule has 1 aliphatic rings. The Morgan fingerprint density at radius 3 is 2.67 bits per heavy atom. The van der Waals surface area contributed by atoms with Gasteiger partial charge in [0.25, 0.3) is 0 Å². The average Bonchev–Trinajstić information content (AvgIpc) is 1.77. The molecule has 0 saturated carbocycles. The van der Waals surface area contributed by atoms with E-state index in [1.165, 1.54) is 0 Å². The maximum atomic E-state index is 12.2.